The van der Waals surface area contributed by atoms with Crippen molar-refractivity contribution in [2.45, 2.75) is 44.1 Å². The molecule has 1 aliphatic carbocycles. The Morgan fingerprint density at radius 3 is 2.70 bits per heavy atom. The van der Waals surface area contributed by atoms with Gasteiger partial charge in [-0.15, -0.1) is 0 Å². The zero-order valence-corrected chi connectivity index (χ0v) is 18.6. The molecule has 1 N–H and O–H groups in total. The molecule has 0 aromatic heterocycles. The van der Waals surface area contributed by atoms with E-state index in [9.17, 15) is 4.79 Å². The van der Waals surface area contributed by atoms with Crippen molar-refractivity contribution in [1.82, 2.24) is 10.2 Å². The molecule has 2 aliphatic rings. The molecular formula is C24H28Cl2N2O2. The van der Waals surface area contributed by atoms with E-state index in [4.69, 9.17) is 27.9 Å². The summed E-state index contributed by atoms with van der Waals surface area (Å²) in [6, 6.07) is 13.0. The summed E-state index contributed by atoms with van der Waals surface area (Å²) in [4.78, 5) is 13.1. The highest BCUT2D eigenvalue weighted by Gasteiger charge is 2.35. The summed E-state index contributed by atoms with van der Waals surface area (Å²) in [6.07, 6.45) is 6.49. The van der Waals surface area contributed by atoms with Gasteiger partial charge in [0.1, 0.15) is 12.4 Å². The normalized spacial score (nSPS) is 21.3. The molecule has 30 heavy (non-hydrogen) atoms. The van der Waals surface area contributed by atoms with Gasteiger partial charge < -0.3 is 10.1 Å². The minimum absolute atomic E-state index is 0.390. The Hall–Kier alpha value is -1.75. The first-order chi connectivity index (χ1) is 14.7. The summed E-state index contributed by atoms with van der Waals surface area (Å²) in [5.41, 5.74) is 4.01. The second-order valence-corrected chi connectivity index (χ2v) is 9.00. The van der Waals surface area contributed by atoms with Crippen molar-refractivity contribution < 1.29 is 9.53 Å². The van der Waals surface area contributed by atoms with Gasteiger partial charge in [0.25, 0.3) is 0 Å². The SMILES string of the molecule is O=CNCCOc1ccc2c(c1)C(Cc1ccc(Cl)c(Cl)c1)C(N1CCCC1)CC2. The fourth-order valence-electron chi connectivity index (χ4n) is 4.91. The molecule has 2 atom stereocenters. The van der Waals surface area contributed by atoms with Crippen LogP contribution in [0.1, 0.15) is 41.9 Å². The highest BCUT2D eigenvalue weighted by Crippen LogP contribution is 2.40. The Morgan fingerprint density at radius 1 is 1.10 bits per heavy atom. The van der Waals surface area contributed by atoms with Crippen molar-refractivity contribution in [1.29, 1.82) is 0 Å². The Balaban J connectivity index is 1.61. The van der Waals surface area contributed by atoms with Crippen LogP contribution in [0.4, 0.5) is 0 Å². The molecule has 0 radical (unpaired) electrons. The molecule has 1 amide bonds. The van der Waals surface area contributed by atoms with Gasteiger partial charge in [-0.1, -0.05) is 35.3 Å². The summed E-state index contributed by atoms with van der Waals surface area (Å²) in [6.45, 7) is 3.34. The quantitative estimate of drug-likeness (QED) is 0.465. The maximum atomic E-state index is 10.4. The van der Waals surface area contributed by atoms with Crippen LogP contribution >= 0.6 is 23.2 Å². The molecule has 160 valence electrons. The topological polar surface area (TPSA) is 41.6 Å². The lowest BCUT2D eigenvalue weighted by molar-refractivity contribution is -0.109. The van der Waals surface area contributed by atoms with Crippen molar-refractivity contribution in [2.75, 3.05) is 26.2 Å². The number of carbonyl (C=O) groups excluding carboxylic acids is 1. The van der Waals surface area contributed by atoms with Gasteiger partial charge >= 0.3 is 0 Å². The van der Waals surface area contributed by atoms with Crippen LogP contribution in [0.5, 0.6) is 5.75 Å². The van der Waals surface area contributed by atoms with Crippen LogP contribution in [-0.2, 0) is 17.6 Å². The number of likely N-dealkylation sites (tertiary alicyclic amines) is 1. The number of nitrogens with zero attached hydrogens (tertiary/aromatic N) is 1. The molecule has 0 spiro atoms. The number of amides is 1. The predicted octanol–water partition coefficient (Wildman–Crippen LogP) is 4.86. The maximum Gasteiger partial charge on any atom is 0.207 e. The van der Waals surface area contributed by atoms with Crippen LogP contribution in [0.15, 0.2) is 36.4 Å². The van der Waals surface area contributed by atoms with E-state index in [-0.39, 0.29) is 0 Å². The summed E-state index contributed by atoms with van der Waals surface area (Å²) in [5, 5.41) is 3.85. The minimum Gasteiger partial charge on any atom is -0.492 e. The fourth-order valence-corrected chi connectivity index (χ4v) is 5.23. The van der Waals surface area contributed by atoms with E-state index in [1.54, 1.807) is 0 Å². The Morgan fingerprint density at radius 2 is 1.93 bits per heavy atom. The monoisotopic (exact) mass is 446 g/mol. The first-order valence-corrected chi connectivity index (χ1v) is 11.5. The summed E-state index contributed by atoms with van der Waals surface area (Å²) >= 11 is 12.5. The molecule has 1 heterocycles. The zero-order valence-electron chi connectivity index (χ0n) is 17.1. The zero-order chi connectivity index (χ0) is 20.9. The van der Waals surface area contributed by atoms with E-state index in [0.717, 1.165) is 18.6 Å². The summed E-state index contributed by atoms with van der Waals surface area (Å²) in [7, 11) is 0. The van der Waals surface area contributed by atoms with Crippen molar-refractivity contribution in [3.05, 3.63) is 63.1 Å². The van der Waals surface area contributed by atoms with Gasteiger partial charge in [-0.05, 0) is 86.1 Å². The molecule has 6 heteroatoms. The number of carbonyl (C=O) groups is 1. The second kappa shape index (κ2) is 10.0. The first kappa shape index (κ1) is 21.5. The maximum absolute atomic E-state index is 10.4. The van der Waals surface area contributed by atoms with Crippen LogP contribution in [0.3, 0.4) is 0 Å². The van der Waals surface area contributed by atoms with Crippen LogP contribution in [-0.4, -0.2) is 43.6 Å². The largest absolute Gasteiger partial charge is 0.492 e. The molecule has 0 bridgehead atoms. The Bertz CT molecular complexity index is 884. The van der Waals surface area contributed by atoms with Gasteiger partial charge in [0, 0.05) is 12.0 Å². The highest BCUT2D eigenvalue weighted by molar-refractivity contribution is 6.42. The summed E-state index contributed by atoms with van der Waals surface area (Å²) in [5.74, 6) is 1.25. The average molecular weight is 447 g/mol. The third kappa shape index (κ3) is 4.93. The van der Waals surface area contributed by atoms with Gasteiger partial charge in [0.05, 0.1) is 16.6 Å². The molecule has 1 aliphatic heterocycles. The average Bonchev–Trinajstić information content (AvgIpc) is 3.29. The van der Waals surface area contributed by atoms with Crippen molar-refractivity contribution in [3.63, 3.8) is 0 Å². The van der Waals surface area contributed by atoms with Crippen molar-refractivity contribution in [2.24, 2.45) is 0 Å². The molecule has 1 saturated heterocycles. The number of hydrogen-bond acceptors (Lipinski definition) is 3. The van der Waals surface area contributed by atoms with E-state index in [1.165, 1.54) is 49.0 Å². The minimum atomic E-state index is 0.390. The number of fused-ring (bicyclic) bond motifs is 1. The van der Waals surface area contributed by atoms with E-state index < -0.39 is 0 Å². The lowest BCUT2D eigenvalue weighted by Crippen LogP contribution is -2.41. The van der Waals surface area contributed by atoms with E-state index in [1.807, 2.05) is 18.2 Å². The molecule has 4 nitrogen and oxygen atoms in total. The molecular weight excluding hydrogens is 419 g/mol. The standard InChI is InChI=1S/C24H28Cl2N2O2/c25-22-7-3-17(14-23(22)26)13-21-20-15-19(30-12-9-27-16-29)6-4-18(20)5-8-24(21)28-10-1-2-11-28/h3-4,6-7,14-16,21,24H,1-2,5,8-13H2,(H,27,29). The molecule has 2 unspecified atom stereocenters. The Kier molecular flexibility index (Phi) is 7.19. The third-order valence-corrected chi connectivity index (χ3v) is 7.08. The first-order valence-electron chi connectivity index (χ1n) is 10.8. The predicted molar refractivity (Wildman–Crippen MR) is 122 cm³/mol. The number of aryl methyl sites for hydroxylation is 1. The Labute approximate surface area is 188 Å². The molecule has 4 rings (SSSR count). The van der Waals surface area contributed by atoms with Crippen LogP contribution in [0.25, 0.3) is 0 Å². The summed E-state index contributed by atoms with van der Waals surface area (Å²) < 4.78 is 5.89. The number of ether oxygens (including phenoxy) is 1. The molecule has 0 saturated carbocycles. The smallest absolute Gasteiger partial charge is 0.207 e. The number of hydrogen-bond donors (Lipinski definition) is 1. The number of nitrogens with one attached hydrogen (secondary N) is 1. The highest BCUT2D eigenvalue weighted by atomic mass is 35.5. The number of rotatable bonds is 8. The third-order valence-electron chi connectivity index (χ3n) is 6.34. The number of benzene rings is 2. The fraction of sp³-hybridized carbons (Fsp3) is 0.458. The van der Waals surface area contributed by atoms with Crippen molar-refractivity contribution in [3.8, 4) is 5.75 Å². The lowest BCUT2D eigenvalue weighted by Gasteiger charge is -2.39. The van der Waals surface area contributed by atoms with Crippen LogP contribution in [0.2, 0.25) is 10.0 Å². The molecule has 2 aromatic rings. The van der Waals surface area contributed by atoms with E-state index >= 15 is 0 Å². The lowest BCUT2D eigenvalue weighted by atomic mass is 9.75. The van der Waals surface area contributed by atoms with Crippen molar-refractivity contribution >= 4 is 29.6 Å². The van der Waals surface area contributed by atoms with E-state index in [2.05, 4.69) is 28.4 Å². The van der Waals surface area contributed by atoms with Gasteiger partial charge in [0.15, 0.2) is 0 Å². The van der Waals surface area contributed by atoms with Crippen LogP contribution < -0.4 is 10.1 Å². The van der Waals surface area contributed by atoms with E-state index in [0.29, 0.717) is 41.6 Å². The second-order valence-electron chi connectivity index (χ2n) is 8.19. The molecule has 2 aromatic carbocycles. The van der Waals surface area contributed by atoms with Crippen LogP contribution in [0, 0.1) is 0 Å². The van der Waals surface area contributed by atoms with Gasteiger partial charge in [0.2, 0.25) is 6.41 Å². The molecule has 1 fully saturated rings. The number of halogens is 2. The van der Waals surface area contributed by atoms with Gasteiger partial charge in [-0.3, -0.25) is 9.69 Å². The van der Waals surface area contributed by atoms with Gasteiger partial charge in [-0.25, -0.2) is 0 Å². The van der Waals surface area contributed by atoms with Gasteiger partial charge in [-0.2, -0.15) is 0 Å².